The number of benzene rings is 1. The van der Waals surface area contributed by atoms with E-state index < -0.39 is 17.6 Å². The van der Waals surface area contributed by atoms with E-state index in [9.17, 15) is 9.18 Å². The van der Waals surface area contributed by atoms with Crippen LogP contribution in [0.25, 0.3) is 0 Å². The molecule has 0 heterocycles. The molecule has 1 atom stereocenters. The summed E-state index contributed by atoms with van der Waals surface area (Å²) in [6, 6.07) is 5.94. The molecule has 0 bridgehead atoms. The van der Waals surface area contributed by atoms with Gasteiger partial charge in [0.15, 0.2) is 0 Å². The molecule has 0 saturated heterocycles. The fraction of sp³-hybridized carbons (Fsp3) is 0.300. The number of hydrogen-bond donors (Lipinski definition) is 2. The Balaban J connectivity index is 2.99. The smallest absolute Gasteiger partial charge is 0.225 e. The molecule has 0 fully saturated rings. The highest BCUT2D eigenvalue weighted by Gasteiger charge is 2.19. The summed E-state index contributed by atoms with van der Waals surface area (Å²) in [6.45, 7) is -0.193. The fourth-order valence-corrected chi connectivity index (χ4v) is 1.34. The second-order valence-electron chi connectivity index (χ2n) is 2.99. The van der Waals surface area contributed by atoms with Crippen LogP contribution < -0.4 is 5.73 Å². The third-order valence-corrected chi connectivity index (χ3v) is 2.04. The van der Waals surface area contributed by atoms with Crippen LogP contribution in [0.1, 0.15) is 17.9 Å². The highest BCUT2D eigenvalue weighted by atomic mass is 19.1. The van der Waals surface area contributed by atoms with E-state index in [4.69, 9.17) is 10.8 Å². The Morgan fingerprint density at radius 2 is 2.14 bits per heavy atom. The number of rotatable bonds is 4. The number of nitrogens with two attached hydrogens (primary N) is 1. The van der Waals surface area contributed by atoms with E-state index >= 15 is 0 Å². The first-order valence-electron chi connectivity index (χ1n) is 4.31. The van der Waals surface area contributed by atoms with Gasteiger partial charge in [-0.3, -0.25) is 4.79 Å². The number of carbonyl (C=O) groups excluding carboxylic acids is 1. The normalized spacial score (nSPS) is 12.4. The Hall–Kier alpha value is -1.42. The SMILES string of the molecule is NC(=O)C(CCO)c1ccccc1F. The molecule has 4 heteroatoms. The van der Waals surface area contributed by atoms with Gasteiger partial charge in [-0.25, -0.2) is 4.39 Å². The van der Waals surface area contributed by atoms with Gasteiger partial charge in [-0.1, -0.05) is 18.2 Å². The first-order valence-corrected chi connectivity index (χ1v) is 4.31. The van der Waals surface area contributed by atoms with Gasteiger partial charge < -0.3 is 10.8 Å². The van der Waals surface area contributed by atoms with Crippen molar-refractivity contribution >= 4 is 5.91 Å². The summed E-state index contributed by atoms with van der Waals surface area (Å²) >= 11 is 0. The van der Waals surface area contributed by atoms with Crippen LogP contribution in [0, 0.1) is 5.82 Å². The zero-order valence-electron chi connectivity index (χ0n) is 7.61. The Labute approximate surface area is 81.4 Å². The van der Waals surface area contributed by atoms with Crippen molar-refractivity contribution in [3.63, 3.8) is 0 Å². The third-order valence-electron chi connectivity index (χ3n) is 2.04. The standard InChI is InChI=1S/C10H12FNO2/c11-9-4-2-1-3-7(9)8(5-6-13)10(12)14/h1-4,8,13H,5-6H2,(H2,12,14). The van der Waals surface area contributed by atoms with Crippen molar-refractivity contribution in [1.29, 1.82) is 0 Å². The maximum Gasteiger partial charge on any atom is 0.225 e. The number of aliphatic hydroxyl groups excluding tert-OH is 1. The van der Waals surface area contributed by atoms with Gasteiger partial charge in [0, 0.05) is 12.2 Å². The van der Waals surface area contributed by atoms with E-state index in [2.05, 4.69) is 0 Å². The van der Waals surface area contributed by atoms with Crippen LogP contribution in [0.5, 0.6) is 0 Å². The number of hydrogen-bond acceptors (Lipinski definition) is 2. The van der Waals surface area contributed by atoms with Gasteiger partial charge in [-0.2, -0.15) is 0 Å². The zero-order valence-corrected chi connectivity index (χ0v) is 7.61. The summed E-state index contributed by atoms with van der Waals surface area (Å²) in [4.78, 5) is 11.0. The number of halogens is 1. The summed E-state index contributed by atoms with van der Waals surface area (Å²) in [7, 11) is 0. The molecule has 0 aliphatic carbocycles. The number of amides is 1. The lowest BCUT2D eigenvalue weighted by Gasteiger charge is -2.12. The lowest BCUT2D eigenvalue weighted by molar-refractivity contribution is -0.119. The van der Waals surface area contributed by atoms with Gasteiger partial charge in [0.1, 0.15) is 5.82 Å². The van der Waals surface area contributed by atoms with E-state index in [1.165, 1.54) is 18.2 Å². The second kappa shape index (κ2) is 4.72. The quantitative estimate of drug-likeness (QED) is 0.749. The third kappa shape index (κ3) is 2.29. The number of aliphatic hydroxyl groups is 1. The molecular formula is C10H12FNO2. The predicted molar refractivity (Wildman–Crippen MR) is 50.0 cm³/mol. The molecule has 0 saturated carbocycles. The Morgan fingerprint density at radius 1 is 1.50 bits per heavy atom. The van der Waals surface area contributed by atoms with Crippen molar-refractivity contribution in [2.45, 2.75) is 12.3 Å². The molecule has 1 amide bonds. The maximum absolute atomic E-state index is 13.2. The van der Waals surface area contributed by atoms with E-state index in [1.54, 1.807) is 6.07 Å². The van der Waals surface area contributed by atoms with Gasteiger partial charge in [-0.15, -0.1) is 0 Å². The average Bonchev–Trinajstić information content (AvgIpc) is 2.15. The van der Waals surface area contributed by atoms with Crippen molar-refractivity contribution in [3.05, 3.63) is 35.6 Å². The lowest BCUT2D eigenvalue weighted by Crippen LogP contribution is -2.23. The minimum absolute atomic E-state index is 0.149. The summed E-state index contributed by atoms with van der Waals surface area (Å²) < 4.78 is 13.2. The van der Waals surface area contributed by atoms with Gasteiger partial charge >= 0.3 is 0 Å². The monoisotopic (exact) mass is 197 g/mol. The van der Waals surface area contributed by atoms with Crippen molar-refractivity contribution in [2.24, 2.45) is 5.73 Å². The summed E-state index contributed by atoms with van der Waals surface area (Å²) in [5, 5.41) is 8.71. The van der Waals surface area contributed by atoms with Gasteiger partial charge in [0.05, 0.1) is 5.92 Å². The van der Waals surface area contributed by atoms with Crippen LogP contribution in [0.3, 0.4) is 0 Å². The van der Waals surface area contributed by atoms with Crippen molar-refractivity contribution in [1.82, 2.24) is 0 Å². The summed E-state index contributed by atoms with van der Waals surface area (Å²) in [5.41, 5.74) is 5.35. The predicted octanol–water partition coefficient (Wildman–Crippen LogP) is 0.777. The molecule has 1 aromatic carbocycles. The Morgan fingerprint density at radius 3 is 2.64 bits per heavy atom. The topological polar surface area (TPSA) is 63.3 Å². The van der Waals surface area contributed by atoms with Crippen LogP contribution in [0.2, 0.25) is 0 Å². The van der Waals surface area contributed by atoms with E-state index in [-0.39, 0.29) is 18.6 Å². The fourth-order valence-electron chi connectivity index (χ4n) is 1.34. The number of primary amides is 1. The van der Waals surface area contributed by atoms with Crippen LogP contribution in [0.15, 0.2) is 24.3 Å². The maximum atomic E-state index is 13.2. The van der Waals surface area contributed by atoms with Gasteiger partial charge in [0.2, 0.25) is 5.91 Å². The summed E-state index contributed by atoms with van der Waals surface area (Å²) in [5.74, 6) is -1.84. The first-order chi connectivity index (χ1) is 6.66. The van der Waals surface area contributed by atoms with Crippen LogP contribution in [-0.4, -0.2) is 17.6 Å². The zero-order chi connectivity index (χ0) is 10.6. The highest BCUT2D eigenvalue weighted by molar-refractivity contribution is 5.81. The molecule has 3 N–H and O–H groups in total. The Bertz CT molecular complexity index is 328. The van der Waals surface area contributed by atoms with Crippen molar-refractivity contribution in [3.8, 4) is 0 Å². The minimum atomic E-state index is -0.749. The van der Waals surface area contributed by atoms with Crippen molar-refractivity contribution in [2.75, 3.05) is 6.61 Å². The first kappa shape index (κ1) is 10.7. The van der Waals surface area contributed by atoms with Crippen LogP contribution in [-0.2, 0) is 4.79 Å². The molecule has 0 aliphatic rings. The molecule has 0 radical (unpaired) electrons. The molecular weight excluding hydrogens is 185 g/mol. The van der Waals surface area contributed by atoms with E-state index in [0.29, 0.717) is 0 Å². The molecule has 1 rings (SSSR count). The molecule has 1 unspecified atom stereocenters. The second-order valence-corrected chi connectivity index (χ2v) is 2.99. The molecule has 0 spiro atoms. The lowest BCUT2D eigenvalue weighted by atomic mass is 9.95. The summed E-state index contributed by atoms with van der Waals surface area (Å²) in [6.07, 6.45) is 0.149. The van der Waals surface area contributed by atoms with Crippen LogP contribution in [0.4, 0.5) is 4.39 Å². The van der Waals surface area contributed by atoms with Gasteiger partial charge in [0.25, 0.3) is 0 Å². The molecule has 0 aromatic heterocycles. The molecule has 14 heavy (non-hydrogen) atoms. The highest BCUT2D eigenvalue weighted by Crippen LogP contribution is 2.21. The Kier molecular flexibility index (Phi) is 3.59. The minimum Gasteiger partial charge on any atom is -0.396 e. The average molecular weight is 197 g/mol. The van der Waals surface area contributed by atoms with E-state index in [0.717, 1.165) is 0 Å². The van der Waals surface area contributed by atoms with Crippen molar-refractivity contribution < 1.29 is 14.3 Å². The molecule has 3 nitrogen and oxygen atoms in total. The molecule has 0 aliphatic heterocycles. The van der Waals surface area contributed by atoms with E-state index in [1.807, 2.05) is 0 Å². The number of carbonyl (C=O) groups is 1. The molecule has 1 aromatic rings. The van der Waals surface area contributed by atoms with Gasteiger partial charge in [-0.05, 0) is 12.5 Å². The largest absolute Gasteiger partial charge is 0.396 e. The molecule has 76 valence electrons. The van der Waals surface area contributed by atoms with Crippen LogP contribution >= 0.6 is 0 Å².